The van der Waals surface area contributed by atoms with E-state index in [2.05, 4.69) is 24.3 Å². The standard InChI is InChI=1S/C19H21NO2S/c1-22-17-9-7-16(8-10-17)19(21)20-12-11-18(23-14-13-20)15-5-3-2-4-6-15/h2-10,18H,11-14H2,1H3. The van der Waals surface area contributed by atoms with Gasteiger partial charge in [0.2, 0.25) is 0 Å². The van der Waals surface area contributed by atoms with Crippen LogP contribution in [0.1, 0.15) is 27.6 Å². The number of thioether (sulfide) groups is 1. The van der Waals surface area contributed by atoms with E-state index in [1.165, 1.54) is 5.56 Å². The van der Waals surface area contributed by atoms with Gasteiger partial charge in [0, 0.05) is 29.7 Å². The first kappa shape index (κ1) is 15.9. The molecule has 2 aromatic carbocycles. The maximum Gasteiger partial charge on any atom is 0.253 e. The van der Waals surface area contributed by atoms with Gasteiger partial charge in [-0.1, -0.05) is 30.3 Å². The van der Waals surface area contributed by atoms with E-state index >= 15 is 0 Å². The van der Waals surface area contributed by atoms with Gasteiger partial charge in [0.15, 0.2) is 0 Å². The number of amides is 1. The van der Waals surface area contributed by atoms with Gasteiger partial charge in [-0.05, 0) is 36.2 Å². The third-order valence-corrected chi connectivity index (χ3v) is 5.47. The molecule has 0 bridgehead atoms. The molecule has 4 heteroatoms. The van der Waals surface area contributed by atoms with Crippen LogP contribution in [0.2, 0.25) is 0 Å². The van der Waals surface area contributed by atoms with E-state index in [4.69, 9.17) is 4.74 Å². The fourth-order valence-corrected chi connectivity index (χ4v) is 4.06. The van der Waals surface area contributed by atoms with Crippen molar-refractivity contribution >= 4 is 17.7 Å². The molecule has 1 amide bonds. The molecular weight excluding hydrogens is 306 g/mol. The van der Waals surface area contributed by atoms with E-state index in [9.17, 15) is 4.79 Å². The number of hydrogen-bond acceptors (Lipinski definition) is 3. The Morgan fingerprint density at radius 2 is 1.83 bits per heavy atom. The first-order chi connectivity index (χ1) is 11.3. The monoisotopic (exact) mass is 327 g/mol. The Morgan fingerprint density at radius 1 is 1.09 bits per heavy atom. The molecule has 0 saturated carbocycles. The number of hydrogen-bond donors (Lipinski definition) is 0. The van der Waals surface area contributed by atoms with E-state index in [-0.39, 0.29) is 5.91 Å². The van der Waals surface area contributed by atoms with Crippen LogP contribution < -0.4 is 4.74 Å². The molecule has 0 aromatic heterocycles. The summed E-state index contributed by atoms with van der Waals surface area (Å²) < 4.78 is 5.15. The molecule has 1 atom stereocenters. The summed E-state index contributed by atoms with van der Waals surface area (Å²) in [6.07, 6.45) is 0.997. The third kappa shape index (κ3) is 3.88. The molecular formula is C19H21NO2S. The Hall–Kier alpha value is -1.94. The van der Waals surface area contributed by atoms with Gasteiger partial charge >= 0.3 is 0 Å². The molecule has 1 fully saturated rings. The van der Waals surface area contributed by atoms with Gasteiger partial charge in [0.25, 0.3) is 5.91 Å². The normalized spacial score (nSPS) is 18.3. The second kappa shape index (κ2) is 7.55. The van der Waals surface area contributed by atoms with Crippen LogP contribution in [0.4, 0.5) is 0 Å². The number of nitrogens with zero attached hydrogens (tertiary/aromatic N) is 1. The molecule has 2 aromatic rings. The van der Waals surface area contributed by atoms with E-state index in [0.717, 1.165) is 36.6 Å². The lowest BCUT2D eigenvalue weighted by atomic mass is 10.1. The lowest BCUT2D eigenvalue weighted by molar-refractivity contribution is 0.0766. The molecule has 1 aliphatic rings. The molecule has 1 unspecified atom stereocenters. The molecule has 3 rings (SSSR count). The van der Waals surface area contributed by atoms with Crippen molar-refractivity contribution in [3.63, 3.8) is 0 Å². The van der Waals surface area contributed by atoms with E-state index in [0.29, 0.717) is 5.25 Å². The van der Waals surface area contributed by atoms with Crippen LogP contribution in [0.3, 0.4) is 0 Å². The third-order valence-electron chi connectivity index (χ3n) is 4.14. The van der Waals surface area contributed by atoms with Crippen molar-refractivity contribution in [3.8, 4) is 5.75 Å². The highest BCUT2D eigenvalue weighted by atomic mass is 32.2. The Morgan fingerprint density at radius 3 is 2.52 bits per heavy atom. The van der Waals surface area contributed by atoms with Crippen molar-refractivity contribution in [2.45, 2.75) is 11.7 Å². The maximum atomic E-state index is 12.7. The van der Waals surface area contributed by atoms with Crippen LogP contribution in [-0.2, 0) is 0 Å². The van der Waals surface area contributed by atoms with Crippen molar-refractivity contribution in [1.82, 2.24) is 4.90 Å². The summed E-state index contributed by atoms with van der Waals surface area (Å²) >= 11 is 1.95. The zero-order valence-electron chi connectivity index (χ0n) is 13.3. The highest BCUT2D eigenvalue weighted by Crippen LogP contribution is 2.34. The fraction of sp³-hybridized carbons (Fsp3) is 0.316. The van der Waals surface area contributed by atoms with Crippen molar-refractivity contribution in [1.29, 1.82) is 0 Å². The van der Waals surface area contributed by atoms with Gasteiger partial charge in [0.05, 0.1) is 7.11 Å². The number of methoxy groups -OCH3 is 1. The maximum absolute atomic E-state index is 12.7. The second-order valence-corrected chi connectivity index (χ2v) is 6.89. The number of benzene rings is 2. The number of carbonyl (C=O) groups excluding carboxylic acids is 1. The number of carbonyl (C=O) groups is 1. The van der Waals surface area contributed by atoms with Crippen LogP contribution in [0.25, 0.3) is 0 Å². The smallest absolute Gasteiger partial charge is 0.253 e. The molecule has 0 N–H and O–H groups in total. The van der Waals surface area contributed by atoms with Crippen molar-refractivity contribution in [3.05, 3.63) is 65.7 Å². The van der Waals surface area contributed by atoms with Gasteiger partial charge in [-0.3, -0.25) is 4.79 Å². The zero-order valence-corrected chi connectivity index (χ0v) is 14.1. The largest absolute Gasteiger partial charge is 0.497 e. The Balaban J connectivity index is 1.66. The predicted octanol–water partition coefficient (Wildman–Crippen LogP) is 4.02. The van der Waals surface area contributed by atoms with Gasteiger partial charge in [-0.15, -0.1) is 0 Å². The van der Waals surface area contributed by atoms with Crippen LogP contribution in [0.5, 0.6) is 5.75 Å². The summed E-state index contributed by atoms with van der Waals surface area (Å²) in [6, 6.07) is 17.9. The highest BCUT2D eigenvalue weighted by molar-refractivity contribution is 7.99. The van der Waals surface area contributed by atoms with Crippen LogP contribution in [0, 0.1) is 0 Å². The predicted molar refractivity (Wildman–Crippen MR) is 95.2 cm³/mol. The Bertz CT molecular complexity index is 642. The Labute approximate surface area is 141 Å². The number of rotatable bonds is 3. The molecule has 0 radical (unpaired) electrons. The summed E-state index contributed by atoms with van der Waals surface area (Å²) in [4.78, 5) is 14.6. The van der Waals surface area contributed by atoms with Crippen LogP contribution in [0.15, 0.2) is 54.6 Å². The SMILES string of the molecule is COc1ccc(C(=O)N2CCSC(c3ccccc3)CC2)cc1. The summed E-state index contributed by atoms with van der Waals surface area (Å²) in [7, 11) is 1.63. The van der Waals surface area contributed by atoms with Crippen molar-refractivity contribution in [2.75, 3.05) is 26.0 Å². The molecule has 1 heterocycles. The van der Waals surface area contributed by atoms with E-state index < -0.39 is 0 Å². The summed E-state index contributed by atoms with van der Waals surface area (Å²) in [5, 5.41) is 0.477. The first-order valence-corrected chi connectivity index (χ1v) is 8.92. The molecule has 23 heavy (non-hydrogen) atoms. The average Bonchev–Trinajstić information content (AvgIpc) is 2.88. The minimum atomic E-state index is 0.113. The van der Waals surface area contributed by atoms with E-state index in [1.807, 2.05) is 47.0 Å². The molecule has 1 saturated heterocycles. The van der Waals surface area contributed by atoms with Gasteiger partial charge < -0.3 is 9.64 Å². The topological polar surface area (TPSA) is 29.5 Å². The molecule has 3 nitrogen and oxygen atoms in total. The minimum absolute atomic E-state index is 0.113. The Kier molecular flexibility index (Phi) is 5.23. The van der Waals surface area contributed by atoms with Crippen molar-refractivity contribution in [2.24, 2.45) is 0 Å². The quantitative estimate of drug-likeness (QED) is 0.853. The first-order valence-electron chi connectivity index (χ1n) is 7.88. The zero-order chi connectivity index (χ0) is 16.1. The minimum Gasteiger partial charge on any atom is -0.497 e. The van der Waals surface area contributed by atoms with Crippen LogP contribution in [-0.4, -0.2) is 36.8 Å². The average molecular weight is 327 g/mol. The van der Waals surface area contributed by atoms with E-state index in [1.54, 1.807) is 7.11 Å². The summed E-state index contributed by atoms with van der Waals surface area (Å²) in [5.41, 5.74) is 2.09. The highest BCUT2D eigenvalue weighted by Gasteiger charge is 2.22. The molecule has 0 spiro atoms. The summed E-state index contributed by atoms with van der Waals surface area (Å²) in [6.45, 7) is 1.61. The van der Waals surface area contributed by atoms with Crippen LogP contribution >= 0.6 is 11.8 Å². The van der Waals surface area contributed by atoms with Crippen molar-refractivity contribution < 1.29 is 9.53 Å². The van der Waals surface area contributed by atoms with Gasteiger partial charge in [-0.25, -0.2) is 0 Å². The number of ether oxygens (including phenoxy) is 1. The lowest BCUT2D eigenvalue weighted by Gasteiger charge is -2.20. The molecule has 0 aliphatic carbocycles. The molecule has 120 valence electrons. The van der Waals surface area contributed by atoms with Gasteiger partial charge in [0.1, 0.15) is 5.75 Å². The lowest BCUT2D eigenvalue weighted by Crippen LogP contribution is -2.32. The molecule has 1 aliphatic heterocycles. The second-order valence-electron chi connectivity index (χ2n) is 5.58. The van der Waals surface area contributed by atoms with Gasteiger partial charge in [-0.2, -0.15) is 11.8 Å². The summed E-state index contributed by atoms with van der Waals surface area (Å²) in [5.74, 6) is 1.86. The fourth-order valence-electron chi connectivity index (χ4n) is 2.82.